The van der Waals surface area contributed by atoms with E-state index in [0.717, 1.165) is 11.3 Å². The molecule has 0 fully saturated rings. The highest BCUT2D eigenvalue weighted by atomic mass is 16.6. The molecule has 0 radical (unpaired) electrons. The quantitative estimate of drug-likeness (QED) is 0.624. The summed E-state index contributed by atoms with van der Waals surface area (Å²) in [5.74, 6) is -0.155. The number of rotatable bonds is 6. The lowest BCUT2D eigenvalue weighted by molar-refractivity contribution is -0.385. The minimum Gasteiger partial charge on any atom is -0.493 e. The summed E-state index contributed by atoms with van der Waals surface area (Å²) in [6, 6.07) is 4.34. The van der Waals surface area contributed by atoms with E-state index in [1.165, 1.54) is 19.2 Å². The fraction of sp³-hybridized carbons (Fsp3) is 0.333. The van der Waals surface area contributed by atoms with Gasteiger partial charge in [0, 0.05) is 11.8 Å². The highest BCUT2D eigenvalue weighted by Gasteiger charge is 2.25. The molecular weight excluding hydrogens is 338 g/mol. The standard InChI is InChI=1S/C18H21N3O5/c1-6-26-16-8-13(14(21(23)24)9-15(16)25-5)18(22)20-17-10(2)7-11(3)19-12(17)4/h7-9H,6H2,1-5H3,(H,20,22). The van der Waals surface area contributed by atoms with Gasteiger partial charge in [0.1, 0.15) is 5.56 Å². The van der Waals surface area contributed by atoms with Gasteiger partial charge in [0.15, 0.2) is 11.5 Å². The van der Waals surface area contributed by atoms with Crippen molar-refractivity contribution in [1.29, 1.82) is 0 Å². The topological polar surface area (TPSA) is 104 Å². The first-order valence-corrected chi connectivity index (χ1v) is 8.03. The van der Waals surface area contributed by atoms with Gasteiger partial charge in [-0.05, 0) is 39.3 Å². The third kappa shape index (κ3) is 3.90. The highest BCUT2D eigenvalue weighted by molar-refractivity contribution is 6.08. The lowest BCUT2D eigenvalue weighted by atomic mass is 10.1. The van der Waals surface area contributed by atoms with E-state index in [-0.39, 0.29) is 22.7 Å². The maximum absolute atomic E-state index is 12.7. The van der Waals surface area contributed by atoms with Crippen LogP contribution in [-0.2, 0) is 0 Å². The van der Waals surface area contributed by atoms with Gasteiger partial charge in [0.05, 0.1) is 36.1 Å². The van der Waals surface area contributed by atoms with Crippen molar-refractivity contribution >= 4 is 17.3 Å². The first-order chi connectivity index (χ1) is 12.3. The van der Waals surface area contributed by atoms with Crippen molar-refractivity contribution in [2.24, 2.45) is 0 Å². The summed E-state index contributed by atoms with van der Waals surface area (Å²) >= 11 is 0. The Labute approximate surface area is 151 Å². The van der Waals surface area contributed by atoms with Crippen molar-refractivity contribution < 1.29 is 19.2 Å². The Kier molecular flexibility index (Phi) is 5.76. The van der Waals surface area contributed by atoms with Crippen LogP contribution in [-0.4, -0.2) is 29.5 Å². The van der Waals surface area contributed by atoms with Crippen molar-refractivity contribution in [1.82, 2.24) is 4.98 Å². The minimum atomic E-state index is -0.625. The molecule has 0 aliphatic carbocycles. The molecule has 1 aromatic carbocycles. The number of nitrogens with one attached hydrogen (secondary N) is 1. The summed E-state index contributed by atoms with van der Waals surface area (Å²) in [5, 5.41) is 14.1. The maximum atomic E-state index is 12.7. The van der Waals surface area contributed by atoms with Gasteiger partial charge in [-0.3, -0.25) is 19.9 Å². The van der Waals surface area contributed by atoms with Gasteiger partial charge in [-0.1, -0.05) is 0 Å². The average Bonchev–Trinajstić information content (AvgIpc) is 2.57. The summed E-state index contributed by atoms with van der Waals surface area (Å²) in [6.07, 6.45) is 0. The summed E-state index contributed by atoms with van der Waals surface area (Å²) < 4.78 is 10.5. The van der Waals surface area contributed by atoms with Crippen LogP contribution in [0.5, 0.6) is 11.5 Å². The molecule has 8 heteroatoms. The van der Waals surface area contributed by atoms with E-state index >= 15 is 0 Å². The lowest BCUT2D eigenvalue weighted by Gasteiger charge is -2.14. The summed E-state index contributed by atoms with van der Waals surface area (Å²) in [5.41, 5.74) is 2.34. The molecule has 0 aliphatic rings. The smallest absolute Gasteiger partial charge is 0.286 e. The number of aromatic nitrogens is 1. The molecule has 26 heavy (non-hydrogen) atoms. The predicted octanol–water partition coefficient (Wildman–Crippen LogP) is 3.57. The Morgan fingerprint density at radius 1 is 1.23 bits per heavy atom. The fourth-order valence-electron chi connectivity index (χ4n) is 2.70. The van der Waals surface area contributed by atoms with Gasteiger partial charge in [-0.15, -0.1) is 0 Å². The van der Waals surface area contributed by atoms with Crippen LogP contribution >= 0.6 is 0 Å². The second-order valence-corrected chi connectivity index (χ2v) is 5.71. The molecule has 1 heterocycles. The van der Waals surface area contributed by atoms with Crippen molar-refractivity contribution in [3.8, 4) is 11.5 Å². The van der Waals surface area contributed by atoms with Gasteiger partial charge in [0.2, 0.25) is 0 Å². The molecule has 0 unspecified atom stereocenters. The van der Waals surface area contributed by atoms with Gasteiger partial charge < -0.3 is 14.8 Å². The zero-order chi connectivity index (χ0) is 19.4. The molecule has 0 saturated carbocycles. The summed E-state index contributed by atoms with van der Waals surface area (Å²) in [7, 11) is 1.38. The van der Waals surface area contributed by atoms with E-state index in [0.29, 0.717) is 18.0 Å². The minimum absolute atomic E-state index is 0.112. The second-order valence-electron chi connectivity index (χ2n) is 5.71. The monoisotopic (exact) mass is 359 g/mol. The number of nitrogens with zero attached hydrogens (tertiary/aromatic N) is 2. The molecular formula is C18H21N3O5. The summed E-state index contributed by atoms with van der Waals surface area (Å²) in [4.78, 5) is 27.9. The maximum Gasteiger partial charge on any atom is 0.286 e. The number of ether oxygens (including phenoxy) is 2. The lowest BCUT2D eigenvalue weighted by Crippen LogP contribution is -2.16. The van der Waals surface area contributed by atoms with Crippen LogP contribution in [0.15, 0.2) is 18.2 Å². The van der Waals surface area contributed by atoms with Crippen LogP contribution in [0.1, 0.15) is 34.2 Å². The summed E-state index contributed by atoms with van der Waals surface area (Å²) in [6.45, 7) is 7.56. The molecule has 2 aromatic rings. The molecule has 2 rings (SSSR count). The van der Waals surface area contributed by atoms with E-state index in [4.69, 9.17) is 9.47 Å². The van der Waals surface area contributed by atoms with E-state index in [1.54, 1.807) is 13.8 Å². The van der Waals surface area contributed by atoms with Crippen LogP contribution in [0, 0.1) is 30.9 Å². The number of nitro benzene ring substituents is 1. The third-order valence-electron chi connectivity index (χ3n) is 3.79. The Bertz CT molecular complexity index is 841. The van der Waals surface area contributed by atoms with Crippen LogP contribution in [0.2, 0.25) is 0 Å². The largest absolute Gasteiger partial charge is 0.493 e. The zero-order valence-corrected chi connectivity index (χ0v) is 15.4. The van der Waals surface area contributed by atoms with Crippen molar-refractivity contribution in [3.05, 3.63) is 50.8 Å². The Morgan fingerprint density at radius 2 is 1.92 bits per heavy atom. The van der Waals surface area contributed by atoms with Crippen LogP contribution in [0.3, 0.4) is 0 Å². The molecule has 0 aliphatic heterocycles. The number of carbonyl (C=O) groups excluding carboxylic acids is 1. The number of hydrogen-bond donors (Lipinski definition) is 1. The Morgan fingerprint density at radius 3 is 2.46 bits per heavy atom. The number of amides is 1. The predicted molar refractivity (Wildman–Crippen MR) is 97.2 cm³/mol. The number of pyridine rings is 1. The molecule has 1 N–H and O–H groups in total. The number of aryl methyl sites for hydroxylation is 3. The number of benzene rings is 1. The number of nitro groups is 1. The van der Waals surface area contributed by atoms with E-state index < -0.39 is 10.8 Å². The first kappa shape index (κ1) is 19.2. The highest BCUT2D eigenvalue weighted by Crippen LogP contribution is 2.35. The van der Waals surface area contributed by atoms with Crippen molar-refractivity contribution in [2.45, 2.75) is 27.7 Å². The third-order valence-corrected chi connectivity index (χ3v) is 3.79. The molecule has 1 amide bonds. The molecule has 0 saturated heterocycles. The normalized spacial score (nSPS) is 10.3. The SMILES string of the molecule is CCOc1cc(C(=O)Nc2c(C)cc(C)nc2C)c([N+](=O)[O-])cc1OC. The van der Waals surface area contributed by atoms with Crippen molar-refractivity contribution in [3.63, 3.8) is 0 Å². The fourth-order valence-corrected chi connectivity index (χ4v) is 2.70. The molecule has 138 valence electrons. The van der Waals surface area contributed by atoms with Crippen LogP contribution in [0.4, 0.5) is 11.4 Å². The second kappa shape index (κ2) is 7.81. The van der Waals surface area contributed by atoms with Gasteiger partial charge in [-0.25, -0.2) is 0 Å². The van der Waals surface area contributed by atoms with Gasteiger partial charge in [-0.2, -0.15) is 0 Å². The molecule has 0 spiro atoms. The Hall–Kier alpha value is -3.16. The molecule has 0 bridgehead atoms. The molecule has 1 aromatic heterocycles. The van der Waals surface area contributed by atoms with Crippen LogP contribution < -0.4 is 14.8 Å². The molecule has 0 atom stereocenters. The zero-order valence-electron chi connectivity index (χ0n) is 15.4. The van der Waals surface area contributed by atoms with Crippen molar-refractivity contribution in [2.75, 3.05) is 19.0 Å². The van der Waals surface area contributed by atoms with Gasteiger partial charge >= 0.3 is 0 Å². The van der Waals surface area contributed by atoms with Gasteiger partial charge in [0.25, 0.3) is 11.6 Å². The van der Waals surface area contributed by atoms with Crippen LogP contribution in [0.25, 0.3) is 0 Å². The number of anilines is 1. The number of methoxy groups -OCH3 is 1. The van der Waals surface area contributed by atoms with E-state index in [9.17, 15) is 14.9 Å². The van der Waals surface area contributed by atoms with E-state index in [2.05, 4.69) is 10.3 Å². The number of carbonyl (C=O) groups is 1. The molecule has 8 nitrogen and oxygen atoms in total. The first-order valence-electron chi connectivity index (χ1n) is 8.03. The number of hydrogen-bond acceptors (Lipinski definition) is 6. The average molecular weight is 359 g/mol. The Balaban J connectivity index is 2.51. The van der Waals surface area contributed by atoms with E-state index in [1.807, 2.05) is 19.9 Å².